The molecule has 0 aliphatic heterocycles. The highest BCUT2D eigenvalue weighted by atomic mass is 127. The molecule has 1 heterocycles. The maximum atomic E-state index is 13.2. The summed E-state index contributed by atoms with van der Waals surface area (Å²) >= 11 is 7.20. The Morgan fingerprint density at radius 1 is 1.57 bits per heavy atom. The summed E-state index contributed by atoms with van der Waals surface area (Å²) in [6.07, 6.45) is -1.24. The van der Waals surface area contributed by atoms with Gasteiger partial charge in [0.25, 0.3) is 0 Å². The number of halogens is 3. The molecule has 2 atom stereocenters. The number of hydrogen-bond donors (Lipinski definition) is 2. The number of hydrogen-bond acceptors (Lipinski definition) is 3. The van der Waals surface area contributed by atoms with Crippen LogP contribution in [0.5, 0.6) is 0 Å². The first-order chi connectivity index (χ1) is 6.57. The third kappa shape index (κ3) is 2.53. The first-order valence-corrected chi connectivity index (χ1v) is 5.41. The van der Waals surface area contributed by atoms with Crippen molar-refractivity contribution >= 4 is 34.2 Å². The predicted octanol–water partition coefficient (Wildman–Crippen LogP) is 1.46. The van der Waals surface area contributed by atoms with Gasteiger partial charge in [-0.1, -0.05) is 0 Å². The Kier molecular flexibility index (Phi) is 4.49. The topological polar surface area (TPSA) is 53.4 Å². The van der Waals surface area contributed by atoms with Crippen molar-refractivity contribution in [3.63, 3.8) is 0 Å². The monoisotopic (exact) mass is 331 g/mol. The van der Waals surface area contributed by atoms with Gasteiger partial charge in [0.05, 0.1) is 17.5 Å². The van der Waals surface area contributed by atoms with E-state index in [1.54, 1.807) is 6.07 Å². The molecular weight excluding hydrogens is 323 g/mol. The molecular formula is C8H8ClFINO2. The van der Waals surface area contributed by atoms with Gasteiger partial charge in [0.15, 0.2) is 0 Å². The van der Waals surface area contributed by atoms with E-state index in [2.05, 4.69) is 4.98 Å². The van der Waals surface area contributed by atoms with Crippen molar-refractivity contribution < 1.29 is 14.6 Å². The number of aromatic nitrogens is 1. The van der Waals surface area contributed by atoms with Crippen molar-refractivity contribution in [1.29, 1.82) is 0 Å². The van der Waals surface area contributed by atoms with Crippen LogP contribution in [0.4, 0.5) is 4.39 Å². The molecule has 14 heavy (non-hydrogen) atoms. The van der Waals surface area contributed by atoms with Gasteiger partial charge in [-0.25, -0.2) is 4.98 Å². The van der Waals surface area contributed by atoms with Crippen LogP contribution in [0.2, 0.25) is 0 Å². The summed E-state index contributed by atoms with van der Waals surface area (Å²) in [5.74, 6) is -0.945. The Hall–Kier alpha value is 0.0200. The van der Waals surface area contributed by atoms with E-state index in [1.807, 2.05) is 22.6 Å². The zero-order valence-electron chi connectivity index (χ0n) is 6.99. The largest absolute Gasteiger partial charge is 0.389 e. The molecule has 0 saturated carbocycles. The third-order valence-corrected chi connectivity index (χ3v) is 2.96. The van der Waals surface area contributed by atoms with Crippen LogP contribution in [0, 0.1) is 9.52 Å². The number of aliphatic hydroxyl groups is 2. The lowest BCUT2D eigenvalue weighted by Crippen LogP contribution is -2.22. The second kappa shape index (κ2) is 5.20. The zero-order valence-corrected chi connectivity index (χ0v) is 9.91. The molecule has 78 valence electrons. The molecule has 0 fully saturated rings. The Morgan fingerprint density at radius 3 is 2.71 bits per heavy atom. The summed E-state index contributed by atoms with van der Waals surface area (Å²) in [5.41, 5.74) is -0.0127. The molecule has 1 aromatic rings. The number of pyridine rings is 1. The molecule has 1 rings (SSSR count). The van der Waals surface area contributed by atoms with E-state index in [9.17, 15) is 14.6 Å². The van der Waals surface area contributed by atoms with Gasteiger partial charge >= 0.3 is 0 Å². The molecule has 2 N–H and O–H groups in total. The molecule has 0 amide bonds. The van der Waals surface area contributed by atoms with Gasteiger partial charge in [-0.2, -0.15) is 4.39 Å². The Bertz CT molecular complexity index is 306. The number of alkyl halides is 1. The highest BCUT2D eigenvalue weighted by Gasteiger charge is 2.23. The SMILES string of the molecule is OC(CCl)C(O)c1c(I)ccnc1F. The lowest BCUT2D eigenvalue weighted by atomic mass is 10.1. The lowest BCUT2D eigenvalue weighted by Gasteiger charge is -2.16. The number of nitrogens with zero attached hydrogens (tertiary/aromatic N) is 1. The minimum absolute atomic E-state index is 0.0127. The average molecular weight is 332 g/mol. The fourth-order valence-corrected chi connectivity index (χ4v) is 1.84. The molecule has 0 aliphatic carbocycles. The fraction of sp³-hybridized carbons (Fsp3) is 0.375. The second-order valence-electron chi connectivity index (χ2n) is 2.66. The zero-order chi connectivity index (χ0) is 10.7. The molecule has 2 unspecified atom stereocenters. The van der Waals surface area contributed by atoms with Crippen LogP contribution in [-0.2, 0) is 0 Å². The number of rotatable bonds is 3. The van der Waals surface area contributed by atoms with E-state index in [4.69, 9.17) is 11.6 Å². The predicted molar refractivity (Wildman–Crippen MR) is 58.6 cm³/mol. The molecule has 0 aliphatic rings. The minimum atomic E-state index is -1.34. The van der Waals surface area contributed by atoms with Gasteiger partial charge < -0.3 is 10.2 Å². The molecule has 0 radical (unpaired) electrons. The van der Waals surface area contributed by atoms with E-state index in [-0.39, 0.29) is 11.4 Å². The first-order valence-electron chi connectivity index (χ1n) is 3.80. The maximum Gasteiger partial charge on any atom is 0.219 e. The summed E-state index contributed by atoms with van der Waals surface area (Å²) < 4.78 is 13.7. The van der Waals surface area contributed by atoms with Crippen LogP contribution in [0.15, 0.2) is 12.3 Å². The molecule has 1 aromatic heterocycles. The number of aliphatic hydroxyl groups excluding tert-OH is 2. The lowest BCUT2D eigenvalue weighted by molar-refractivity contribution is 0.0294. The molecule has 3 nitrogen and oxygen atoms in total. The first kappa shape index (κ1) is 12.1. The van der Waals surface area contributed by atoms with Crippen molar-refractivity contribution in [2.24, 2.45) is 0 Å². The Morgan fingerprint density at radius 2 is 2.21 bits per heavy atom. The summed E-state index contributed by atoms with van der Waals surface area (Å²) in [7, 11) is 0. The maximum absolute atomic E-state index is 13.2. The van der Waals surface area contributed by atoms with Crippen molar-refractivity contribution in [2.45, 2.75) is 12.2 Å². The minimum Gasteiger partial charge on any atom is -0.389 e. The fourth-order valence-electron chi connectivity index (χ4n) is 0.966. The van der Waals surface area contributed by atoms with Crippen LogP contribution in [0.3, 0.4) is 0 Å². The quantitative estimate of drug-likeness (QED) is 0.501. The van der Waals surface area contributed by atoms with Gasteiger partial charge in [-0.3, -0.25) is 0 Å². The standard InChI is InChI=1S/C8H8ClFINO2/c9-3-5(13)7(14)6-4(11)1-2-12-8(6)10/h1-2,5,7,13-14H,3H2. The van der Waals surface area contributed by atoms with Crippen molar-refractivity contribution in [2.75, 3.05) is 5.88 Å². The van der Waals surface area contributed by atoms with E-state index in [1.165, 1.54) is 6.20 Å². The van der Waals surface area contributed by atoms with E-state index < -0.39 is 18.2 Å². The second-order valence-corrected chi connectivity index (χ2v) is 4.13. The van der Waals surface area contributed by atoms with Crippen LogP contribution < -0.4 is 0 Å². The highest BCUT2D eigenvalue weighted by Crippen LogP contribution is 2.24. The summed E-state index contributed by atoms with van der Waals surface area (Å²) in [4.78, 5) is 3.39. The smallest absolute Gasteiger partial charge is 0.219 e. The van der Waals surface area contributed by atoms with Gasteiger partial charge in [-0.05, 0) is 28.7 Å². The normalized spacial score (nSPS) is 15.2. The van der Waals surface area contributed by atoms with Gasteiger partial charge in [0.2, 0.25) is 5.95 Å². The summed E-state index contributed by atoms with van der Waals surface area (Å²) in [6, 6.07) is 1.54. The van der Waals surface area contributed by atoms with Crippen LogP contribution in [0.25, 0.3) is 0 Å². The van der Waals surface area contributed by atoms with Gasteiger partial charge in [-0.15, -0.1) is 11.6 Å². The highest BCUT2D eigenvalue weighted by molar-refractivity contribution is 14.1. The van der Waals surface area contributed by atoms with Crippen LogP contribution >= 0.6 is 34.2 Å². The molecule has 0 saturated heterocycles. The Balaban J connectivity index is 3.05. The van der Waals surface area contributed by atoms with Gasteiger partial charge in [0, 0.05) is 9.77 Å². The molecule has 6 heteroatoms. The van der Waals surface area contributed by atoms with Crippen molar-refractivity contribution in [1.82, 2.24) is 4.98 Å². The van der Waals surface area contributed by atoms with E-state index in [0.29, 0.717) is 3.57 Å². The Labute approximate surface area is 99.1 Å². The average Bonchev–Trinajstić information content (AvgIpc) is 2.16. The van der Waals surface area contributed by atoms with Crippen LogP contribution in [0.1, 0.15) is 11.7 Å². The third-order valence-electron chi connectivity index (χ3n) is 1.71. The molecule has 0 bridgehead atoms. The molecule has 0 aromatic carbocycles. The van der Waals surface area contributed by atoms with Gasteiger partial charge in [0.1, 0.15) is 6.10 Å². The van der Waals surface area contributed by atoms with E-state index >= 15 is 0 Å². The summed E-state index contributed by atoms with van der Waals surface area (Å²) in [6.45, 7) is 0. The molecule has 0 spiro atoms. The summed E-state index contributed by atoms with van der Waals surface area (Å²) in [5, 5.41) is 18.8. The van der Waals surface area contributed by atoms with E-state index in [0.717, 1.165) is 0 Å². The van der Waals surface area contributed by atoms with Crippen LogP contribution in [-0.4, -0.2) is 27.2 Å². The van der Waals surface area contributed by atoms with Crippen molar-refractivity contribution in [3.05, 3.63) is 27.3 Å². The van der Waals surface area contributed by atoms with Crippen molar-refractivity contribution in [3.8, 4) is 0 Å².